The van der Waals surface area contributed by atoms with Crippen LogP contribution in [0.3, 0.4) is 0 Å². The Kier molecular flexibility index (Phi) is 8.90. The first kappa shape index (κ1) is 24.3. The number of ether oxygens (including phenoxy) is 2. The van der Waals surface area contributed by atoms with Gasteiger partial charge in [-0.1, -0.05) is 41.3 Å². The number of amides is 2. The molecule has 0 saturated carbocycles. The Labute approximate surface area is 200 Å². The highest BCUT2D eigenvalue weighted by Crippen LogP contribution is 2.26. The Morgan fingerprint density at radius 3 is 2.55 bits per heavy atom. The van der Waals surface area contributed by atoms with Gasteiger partial charge in [0.15, 0.2) is 4.34 Å². The number of rotatable bonds is 11. The zero-order valence-electron chi connectivity index (χ0n) is 18.5. The minimum Gasteiger partial charge on any atom is -0.497 e. The maximum absolute atomic E-state index is 12.2. The molecule has 9 nitrogen and oxygen atoms in total. The monoisotopic (exact) mass is 487 g/mol. The first-order valence-electron chi connectivity index (χ1n) is 10.0. The molecule has 3 rings (SSSR count). The molecule has 0 aliphatic carbocycles. The number of thioether (sulfide) groups is 1. The molecule has 0 saturated heterocycles. The maximum atomic E-state index is 12.2. The molecule has 1 aromatic heterocycles. The lowest BCUT2D eigenvalue weighted by Gasteiger charge is -2.11. The third-order valence-corrected chi connectivity index (χ3v) is 6.43. The van der Waals surface area contributed by atoms with Gasteiger partial charge >= 0.3 is 0 Å². The van der Waals surface area contributed by atoms with Crippen LogP contribution in [0.1, 0.15) is 11.1 Å². The van der Waals surface area contributed by atoms with E-state index in [1.54, 1.807) is 13.2 Å². The number of hydrogen-bond donors (Lipinski definition) is 3. The summed E-state index contributed by atoms with van der Waals surface area (Å²) < 4.78 is 11.1. The van der Waals surface area contributed by atoms with Crippen LogP contribution in [0.15, 0.2) is 46.8 Å². The van der Waals surface area contributed by atoms with Crippen molar-refractivity contribution in [3.63, 3.8) is 0 Å². The normalized spacial score (nSPS) is 10.4. The van der Waals surface area contributed by atoms with Gasteiger partial charge < -0.3 is 25.4 Å². The predicted octanol–water partition coefficient (Wildman–Crippen LogP) is 3.32. The minimum absolute atomic E-state index is 0.133. The molecule has 0 atom stereocenters. The number of carbonyl (C=O) groups is 2. The number of hydrogen-bond acceptors (Lipinski definition) is 9. The van der Waals surface area contributed by atoms with Gasteiger partial charge in [-0.2, -0.15) is 0 Å². The topological polar surface area (TPSA) is 114 Å². The lowest BCUT2D eigenvalue weighted by Crippen LogP contribution is -2.34. The molecule has 3 N–H and O–H groups in total. The highest BCUT2D eigenvalue weighted by atomic mass is 32.2. The van der Waals surface area contributed by atoms with Crippen molar-refractivity contribution in [1.82, 2.24) is 15.5 Å². The van der Waals surface area contributed by atoms with E-state index in [-0.39, 0.29) is 24.1 Å². The van der Waals surface area contributed by atoms with E-state index in [0.717, 1.165) is 16.9 Å². The van der Waals surface area contributed by atoms with Crippen LogP contribution in [0.5, 0.6) is 11.5 Å². The summed E-state index contributed by atoms with van der Waals surface area (Å²) in [5.41, 5.74) is 2.64. The van der Waals surface area contributed by atoms with Gasteiger partial charge in [0.1, 0.15) is 11.5 Å². The van der Waals surface area contributed by atoms with Crippen molar-refractivity contribution in [3.05, 3.63) is 53.6 Å². The van der Waals surface area contributed by atoms with Gasteiger partial charge in [-0.3, -0.25) is 9.59 Å². The molecule has 11 heteroatoms. The fraction of sp³-hybridized carbons (Fsp3) is 0.273. The second kappa shape index (κ2) is 12.1. The summed E-state index contributed by atoms with van der Waals surface area (Å²) in [6.45, 7) is 2.38. The summed E-state index contributed by atoms with van der Waals surface area (Å²) in [4.78, 5) is 24.3. The summed E-state index contributed by atoms with van der Waals surface area (Å²) in [5, 5.41) is 17.4. The number of nitrogens with zero attached hydrogens (tertiary/aromatic N) is 2. The minimum atomic E-state index is -0.335. The lowest BCUT2D eigenvalue weighted by atomic mass is 10.2. The van der Waals surface area contributed by atoms with Gasteiger partial charge in [-0.25, -0.2) is 0 Å². The third-order valence-electron chi connectivity index (χ3n) is 4.41. The molecule has 0 fully saturated rings. The van der Waals surface area contributed by atoms with Crippen LogP contribution < -0.4 is 25.4 Å². The second-order valence-corrected chi connectivity index (χ2v) is 9.09. The Morgan fingerprint density at radius 2 is 1.82 bits per heavy atom. The van der Waals surface area contributed by atoms with E-state index in [1.807, 2.05) is 43.3 Å². The van der Waals surface area contributed by atoms with Crippen molar-refractivity contribution in [2.24, 2.45) is 0 Å². The van der Waals surface area contributed by atoms with Crippen molar-refractivity contribution >= 4 is 45.7 Å². The van der Waals surface area contributed by atoms with Crippen molar-refractivity contribution in [2.75, 3.05) is 37.2 Å². The van der Waals surface area contributed by atoms with Crippen LogP contribution in [-0.2, 0) is 16.1 Å². The van der Waals surface area contributed by atoms with Crippen LogP contribution in [0.4, 0.5) is 10.8 Å². The average Bonchev–Trinajstić information content (AvgIpc) is 3.28. The molecule has 0 aliphatic heterocycles. The maximum Gasteiger partial charge on any atom is 0.243 e. The van der Waals surface area contributed by atoms with Crippen molar-refractivity contribution < 1.29 is 19.1 Å². The Morgan fingerprint density at radius 1 is 1.03 bits per heavy atom. The molecular weight excluding hydrogens is 462 g/mol. The Hall–Kier alpha value is -3.31. The SMILES string of the molecule is COc1ccc(CNc2nnc(SCC(=O)NCC(=O)Nc3cc(C)ccc3OC)s2)cc1. The lowest BCUT2D eigenvalue weighted by molar-refractivity contribution is -0.122. The molecular formula is C22H25N5O4S2. The van der Waals surface area contributed by atoms with Gasteiger partial charge in [-0.05, 0) is 42.3 Å². The number of nitrogens with one attached hydrogen (secondary N) is 3. The molecule has 33 heavy (non-hydrogen) atoms. The number of aromatic nitrogens is 2. The van der Waals surface area contributed by atoms with E-state index in [9.17, 15) is 9.59 Å². The smallest absolute Gasteiger partial charge is 0.243 e. The Balaban J connectivity index is 1.39. The first-order chi connectivity index (χ1) is 16.0. The van der Waals surface area contributed by atoms with E-state index < -0.39 is 0 Å². The van der Waals surface area contributed by atoms with Crippen LogP contribution in [0, 0.1) is 6.92 Å². The molecule has 0 unspecified atom stereocenters. The number of aryl methyl sites for hydroxylation is 1. The average molecular weight is 488 g/mol. The summed E-state index contributed by atoms with van der Waals surface area (Å²) in [5.74, 6) is 0.892. The predicted molar refractivity (Wildman–Crippen MR) is 130 cm³/mol. The van der Waals surface area contributed by atoms with Crippen LogP contribution in [0.2, 0.25) is 0 Å². The zero-order chi connectivity index (χ0) is 23.6. The van der Waals surface area contributed by atoms with Gasteiger partial charge in [0.2, 0.25) is 16.9 Å². The van der Waals surface area contributed by atoms with Crippen molar-refractivity contribution in [2.45, 2.75) is 17.8 Å². The largest absolute Gasteiger partial charge is 0.497 e. The first-order valence-corrected chi connectivity index (χ1v) is 11.8. The molecule has 3 aromatic rings. The molecule has 1 heterocycles. The van der Waals surface area contributed by atoms with Crippen LogP contribution >= 0.6 is 23.1 Å². The van der Waals surface area contributed by atoms with Gasteiger partial charge in [0.05, 0.1) is 32.2 Å². The molecule has 2 amide bonds. The summed E-state index contributed by atoms with van der Waals surface area (Å²) in [6, 6.07) is 13.2. The van der Waals surface area contributed by atoms with Gasteiger partial charge in [0.25, 0.3) is 0 Å². The van der Waals surface area contributed by atoms with E-state index in [4.69, 9.17) is 9.47 Å². The highest BCUT2D eigenvalue weighted by molar-refractivity contribution is 8.01. The number of benzene rings is 2. The van der Waals surface area contributed by atoms with E-state index in [2.05, 4.69) is 26.1 Å². The second-order valence-electron chi connectivity index (χ2n) is 6.89. The van der Waals surface area contributed by atoms with E-state index in [0.29, 0.717) is 27.5 Å². The molecule has 0 radical (unpaired) electrons. The van der Waals surface area contributed by atoms with E-state index in [1.165, 1.54) is 30.2 Å². The Bertz CT molecular complexity index is 1090. The number of anilines is 2. The summed E-state index contributed by atoms with van der Waals surface area (Å²) in [6.07, 6.45) is 0. The number of methoxy groups -OCH3 is 2. The standard InChI is InChI=1S/C22H25N5O4S2/c1-14-4-9-18(31-3)17(10-14)25-19(28)12-23-20(29)13-32-22-27-26-21(33-22)24-11-15-5-7-16(30-2)8-6-15/h4-10H,11-13H2,1-3H3,(H,23,29)(H,24,26)(H,25,28). The molecule has 2 aromatic carbocycles. The van der Waals surface area contributed by atoms with Crippen LogP contribution in [-0.4, -0.2) is 48.5 Å². The quantitative estimate of drug-likeness (QED) is 0.353. The van der Waals surface area contributed by atoms with Crippen molar-refractivity contribution in [1.29, 1.82) is 0 Å². The van der Waals surface area contributed by atoms with Gasteiger partial charge in [-0.15, -0.1) is 10.2 Å². The highest BCUT2D eigenvalue weighted by Gasteiger charge is 2.11. The fourth-order valence-corrected chi connectivity index (χ4v) is 4.31. The molecule has 0 spiro atoms. The molecule has 0 bridgehead atoms. The zero-order valence-corrected chi connectivity index (χ0v) is 20.1. The fourth-order valence-electron chi connectivity index (χ4n) is 2.73. The van der Waals surface area contributed by atoms with E-state index >= 15 is 0 Å². The summed E-state index contributed by atoms with van der Waals surface area (Å²) >= 11 is 2.63. The molecule has 174 valence electrons. The van der Waals surface area contributed by atoms with Gasteiger partial charge in [0, 0.05) is 6.54 Å². The van der Waals surface area contributed by atoms with Crippen molar-refractivity contribution in [3.8, 4) is 11.5 Å². The van der Waals surface area contributed by atoms with Crippen LogP contribution in [0.25, 0.3) is 0 Å². The summed E-state index contributed by atoms with van der Waals surface area (Å²) in [7, 11) is 3.17. The molecule has 0 aliphatic rings. The third kappa shape index (κ3) is 7.65. The number of carbonyl (C=O) groups excluding carboxylic acids is 2.